The molecule has 0 radical (unpaired) electrons. The van der Waals surface area contributed by atoms with Crippen molar-refractivity contribution in [1.29, 1.82) is 0 Å². The summed E-state index contributed by atoms with van der Waals surface area (Å²) < 4.78 is 14.0. The molecule has 1 aliphatic rings. The Morgan fingerprint density at radius 3 is 2.33 bits per heavy atom. The lowest BCUT2D eigenvalue weighted by Gasteiger charge is -2.25. The minimum Gasteiger partial charge on any atom is -0.358 e. The molecule has 1 aromatic heterocycles. The van der Waals surface area contributed by atoms with Crippen LogP contribution in [0.3, 0.4) is 0 Å². The van der Waals surface area contributed by atoms with E-state index in [-0.39, 0.29) is 17.5 Å². The third-order valence-electron chi connectivity index (χ3n) is 6.77. The zero-order valence-corrected chi connectivity index (χ0v) is 18.6. The third-order valence-corrected chi connectivity index (χ3v) is 6.77. The molecule has 1 aliphatic heterocycles. The number of halogens is 1. The van der Waals surface area contributed by atoms with Gasteiger partial charge in [0.2, 0.25) is 5.91 Å². The minimum atomic E-state index is -0.998. The molecule has 2 unspecified atom stereocenters. The van der Waals surface area contributed by atoms with Crippen molar-refractivity contribution in [3.63, 3.8) is 0 Å². The van der Waals surface area contributed by atoms with Crippen LogP contribution in [0.2, 0.25) is 0 Å². The van der Waals surface area contributed by atoms with Crippen LogP contribution in [0.5, 0.6) is 0 Å². The van der Waals surface area contributed by atoms with Crippen molar-refractivity contribution in [1.82, 2.24) is 10.3 Å². The maximum absolute atomic E-state index is 14.0. The molecule has 33 heavy (non-hydrogen) atoms. The Morgan fingerprint density at radius 2 is 1.64 bits per heavy atom. The first-order valence-electron chi connectivity index (χ1n) is 11.1. The van der Waals surface area contributed by atoms with Gasteiger partial charge in [-0.05, 0) is 48.7 Å². The van der Waals surface area contributed by atoms with Gasteiger partial charge in [-0.3, -0.25) is 9.59 Å². The Bertz CT molecular complexity index is 1350. The van der Waals surface area contributed by atoms with E-state index in [0.29, 0.717) is 6.42 Å². The average molecular weight is 441 g/mol. The highest BCUT2D eigenvalue weighted by molar-refractivity contribution is 6.14. The maximum atomic E-state index is 14.0. The zero-order chi connectivity index (χ0) is 23.2. The van der Waals surface area contributed by atoms with Gasteiger partial charge in [0.25, 0.3) is 0 Å². The molecule has 5 heteroatoms. The van der Waals surface area contributed by atoms with E-state index in [2.05, 4.69) is 10.3 Å². The molecule has 2 N–H and O–H groups in total. The molecule has 4 aromatic rings. The molecule has 1 fully saturated rings. The van der Waals surface area contributed by atoms with Gasteiger partial charge in [-0.2, -0.15) is 0 Å². The zero-order valence-electron chi connectivity index (χ0n) is 18.6. The number of rotatable bonds is 5. The number of Topliss-reactive ketones (excluding diaryl/α,β-unsaturated/α-hetero) is 1. The van der Waals surface area contributed by atoms with Crippen LogP contribution < -0.4 is 5.32 Å². The van der Waals surface area contributed by atoms with Crippen molar-refractivity contribution in [2.75, 3.05) is 0 Å². The van der Waals surface area contributed by atoms with Gasteiger partial charge >= 0.3 is 0 Å². The van der Waals surface area contributed by atoms with Gasteiger partial charge in [0, 0.05) is 28.9 Å². The number of carbonyl (C=O) groups excluding carboxylic acids is 2. The summed E-state index contributed by atoms with van der Waals surface area (Å²) in [7, 11) is 0. The smallest absolute Gasteiger partial charge is 0.232 e. The van der Waals surface area contributed by atoms with Gasteiger partial charge in [-0.25, -0.2) is 4.39 Å². The van der Waals surface area contributed by atoms with Crippen LogP contribution in [0, 0.1) is 18.7 Å². The molecule has 5 rings (SSSR count). The highest BCUT2D eigenvalue weighted by Crippen LogP contribution is 2.41. The number of aromatic amines is 1. The molecule has 0 aliphatic carbocycles. The summed E-state index contributed by atoms with van der Waals surface area (Å²) in [6.07, 6.45) is 0.424. The molecule has 166 valence electrons. The van der Waals surface area contributed by atoms with Crippen LogP contribution in [0.1, 0.15) is 35.2 Å². The topological polar surface area (TPSA) is 62.0 Å². The van der Waals surface area contributed by atoms with Crippen molar-refractivity contribution < 1.29 is 14.0 Å². The van der Waals surface area contributed by atoms with Crippen molar-refractivity contribution >= 4 is 22.6 Å². The molecule has 3 atom stereocenters. The van der Waals surface area contributed by atoms with E-state index >= 15 is 0 Å². The van der Waals surface area contributed by atoms with Crippen molar-refractivity contribution in [3.8, 4) is 0 Å². The van der Waals surface area contributed by atoms with Crippen LogP contribution in [0.25, 0.3) is 10.9 Å². The predicted octanol–water partition coefficient (Wildman–Crippen LogP) is 5.06. The number of hydrogen-bond donors (Lipinski definition) is 2. The Kier molecular flexibility index (Phi) is 5.12. The van der Waals surface area contributed by atoms with Crippen molar-refractivity contribution in [3.05, 3.63) is 107 Å². The molecule has 0 saturated carbocycles. The standard InChI is InChI=1S/C28H25FN2O2/c1-17-21-15-20(29)13-14-22(21)30-25(17)23(19-11-7-4-8-12-19)24-26(32)28(2,31-27(24)33)16-18-9-5-3-6-10-18/h3-15,23-24,30H,16H2,1-2H3,(H,31,33)/t23?,24?,28-/m1/s1. The summed E-state index contributed by atoms with van der Waals surface area (Å²) in [4.78, 5) is 30.6. The molecule has 4 nitrogen and oxygen atoms in total. The fourth-order valence-electron chi connectivity index (χ4n) is 5.13. The Morgan fingerprint density at radius 1 is 0.970 bits per heavy atom. The van der Waals surface area contributed by atoms with E-state index in [1.165, 1.54) is 12.1 Å². The van der Waals surface area contributed by atoms with E-state index in [4.69, 9.17) is 0 Å². The first kappa shape index (κ1) is 21.1. The summed E-state index contributed by atoms with van der Waals surface area (Å²) in [5.74, 6) is -2.13. The van der Waals surface area contributed by atoms with E-state index in [1.54, 1.807) is 13.0 Å². The maximum Gasteiger partial charge on any atom is 0.232 e. The second-order valence-electron chi connectivity index (χ2n) is 9.07. The number of H-pyrrole nitrogens is 1. The number of nitrogens with one attached hydrogen (secondary N) is 2. The fourth-order valence-corrected chi connectivity index (χ4v) is 5.13. The number of fused-ring (bicyclic) bond motifs is 1. The summed E-state index contributed by atoms with van der Waals surface area (Å²) >= 11 is 0. The minimum absolute atomic E-state index is 0.130. The highest BCUT2D eigenvalue weighted by Gasteiger charge is 2.53. The molecule has 3 aromatic carbocycles. The van der Waals surface area contributed by atoms with Gasteiger partial charge in [0.1, 0.15) is 17.3 Å². The van der Waals surface area contributed by atoms with Crippen LogP contribution in [0.15, 0.2) is 78.9 Å². The van der Waals surface area contributed by atoms with E-state index in [0.717, 1.165) is 33.3 Å². The average Bonchev–Trinajstić information content (AvgIpc) is 3.24. The number of amides is 1. The Balaban J connectivity index is 1.62. The van der Waals surface area contributed by atoms with Crippen LogP contribution in [0.4, 0.5) is 4.39 Å². The Labute approximate surface area is 191 Å². The summed E-state index contributed by atoms with van der Waals surface area (Å²) in [6, 6.07) is 23.9. The normalized spacial score (nSPS) is 21.4. The lowest BCUT2D eigenvalue weighted by molar-refractivity contribution is -0.129. The number of hydrogen-bond acceptors (Lipinski definition) is 2. The third kappa shape index (κ3) is 3.63. The summed E-state index contributed by atoms with van der Waals surface area (Å²) in [6.45, 7) is 3.71. The van der Waals surface area contributed by atoms with Gasteiger partial charge in [0.05, 0.1) is 0 Å². The van der Waals surface area contributed by atoms with E-state index < -0.39 is 17.4 Å². The lowest BCUT2D eigenvalue weighted by Crippen LogP contribution is -2.45. The van der Waals surface area contributed by atoms with Gasteiger partial charge in [-0.1, -0.05) is 60.7 Å². The second-order valence-corrected chi connectivity index (χ2v) is 9.07. The predicted molar refractivity (Wildman–Crippen MR) is 126 cm³/mol. The molecule has 1 saturated heterocycles. The van der Waals surface area contributed by atoms with Crippen molar-refractivity contribution in [2.45, 2.75) is 31.7 Å². The second kappa shape index (κ2) is 8.00. The van der Waals surface area contributed by atoms with Crippen LogP contribution >= 0.6 is 0 Å². The SMILES string of the molecule is Cc1c(C(c2ccccc2)C2C(=O)N[C@](C)(Cc3ccccc3)C2=O)[nH]c2ccc(F)cc12. The van der Waals surface area contributed by atoms with Gasteiger partial charge in [-0.15, -0.1) is 0 Å². The van der Waals surface area contributed by atoms with Crippen LogP contribution in [-0.4, -0.2) is 22.2 Å². The number of ketones is 1. The Hall–Kier alpha value is -3.73. The molecular weight excluding hydrogens is 415 g/mol. The summed E-state index contributed by atoms with van der Waals surface area (Å²) in [5, 5.41) is 3.75. The largest absolute Gasteiger partial charge is 0.358 e. The quantitative estimate of drug-likeness (QED) is 0.426. The first-order chi connectivity index (χ1) is 15.9. The number of benzene rings is 3. The molecule has 0 bridgehead atoms. The molecule has 1 amide bonds. The highest BCUT2D eigenvalue weighted by atomic mass is 19.1. The van der Waals surface area contributed by atoms with Crippen LogP contribution in [-0.2, 0) is 16.0 Å². The molecule has 0 spiro atoms. The number of aryl methyl sites for hydroxylation is 1. The number of carbonyl (C=O) groups is 2. The van der Waals surface area contributed by atoms with E-state index in [1.807, 2.05) is 67.6 Å². The number of aromatic nitrogens is 1. The van der Waals surface area contributed by atoms with Gasteiger partial charge < -0.3 is 10.3 Å². The van der Waals surface area contributed by atoms with E-state index in [9.17, 15) is 14.0 Å². The monoisotopic (exact) mass is 440 g/mol. The first-order valence-corrected chi connectivity index (χ1v) is 11.1. The lowest BCUT2D eigenvalue weighted by atomic mass is 9.76. The molecular formula is C28H25FN2O2. The summed E-state index contributed by atoms with van der Waals surface area (Å²) in [5.41, 5.74) is 3.24. The fraction of sp³-hybridized carbons (Fsp3) is 0.214. The molecule has 2 heterocycles. The van der Waals surface area contributed by atoms with Crippen molar-refractivity contribution in [2.24, 2.45) is 5.92 Å². The van der Waals surface area contributed by atoms with Gasteiger partial charge in [0.15, 0.2) is 5.78 Å².